The van der Waals surface area contributed by atoms with E-state index in [1.807, 2.05) is 15.6 Å². The number of fused-ring (bicyclic) bond motifs is 1. The average Bonchev–Trinajstić information content (AvgIpc) is 2.98. The molecule has 6 heteroatoms. The van der Waals surface area contributed by atoms with Crippen molar-refractivity contribution in [2.75, 3.05) is 20.6 Å². The molecule has 3 rings (SSSR count). The quantitative estimate of drug-likeness (QED) is 0.831. The molecule has 6 nitrogen and oxygen atoms in total. The summed E-state index contributed by atoms with van der Waals surface area (Å²) in [6.07, 6.45) is 3.12. The molecule has 0 aromatic carbocycles. The summed E-state index contributed by atoms with van der Waals surface area (Å²) in [5, 5.41) is 4.33. The van der Waals surface area contributed by atoms with Crippen molar-refractivity contribution in [2.45, 2.75) is 32.4 Å². The summed E-state index contributed by atoms with van der Waals surface area (Å²) in [4.78, 5) is 28.0. The van der Waals surface area contributed by atoms with Crippen molar-refractivity contribution in [3.05, 3.63) is 18.0 Å². The van der Waals surface area contributed by atoms with Gasteiger partial charge in [0.05, 0.1) is 24.7 Å². The third-order valence-electron chi connectivity index (χ3n) is 4.53. The topological polar surface area (TPSA) is 58.4 Å². The second-order valence-electron chi connectivity index (χ2n) is 6.45. The van der Waals surface area contributed by atoms with E-state index >= 15 is 0 Å². The molecule has 1 aromatic heterocycles. The Labute approximate surface area is 124 Å². The summed E-state index contributed by atoms with van der Waals surface area (Å²) in [6.45, 7) is 3.30. The monoisotopic (exact) mass is 290 g/mol. The van der Waals surface area contributed by atoms with Crippen molar-refractivity contribution in [3.8, 4) is 0 Å². The number of aromatic nitrogens is 2. The van der Waals surface area contributed by atoms with Gasteiger partial charge in [0.2, 0.25) is 11.8 Å². The SMILES string of the molecule is C[C@@H]1C[C@H]1C(=O)N1Cc2ccnn2[C@@H](CC(=O)N(C)C)C1. The summed E-state index contributed by atoms with van der Waals surface area (Å²) < 4.78 is 1.90. The molecule has 1 fully saturated rings. The van der Waals surface area contributed by atoms with Crippen LogP contribution < -0.4 is 0 Å². The second kappa shape index (κ2) is 5.16. The summed E-state index contributed by atoms with van der Waals surface area (Å²) >= 11 is 0. The number of carbonyl (C=O) groups is 2. The van der Waals surface area contributed by atoms with Gasteiger partial charge in [0, 0.05) is 32.8 Å². The van der Waals surface area contributed by atoms with Crippen LogP contribution in [-0.4, -0.2) is 52.0 Å². The van der Waals surface area contributed by atoms with Gasteiger partial charge in [-0.2, -0.15) is 5.10 Å². The molecular formula is C15H22N4O2. The van der Waals surface area contributed by atoms with Gasteiger partial charge < -0.3 is 9.80 Å². The summed E-state index contributed by atoms with van der Waals surface area (Å²) in [7, 11) is 3.51. The molecule has 3 atom stereocenters. The molecule has 21 heavy (non-hydrogen) atoms. The lowest BCUT2D eigenvalue weighted by Crippen LogP contribution is -2.43. The molecule has 0 N–H and O–H groups in total. The van der Waals surface area contributed by atoms with Crippen LogP contribution in [0.1, 0.15) is 31.5 Å². The van der Waals surface area contributed by atoms with Gasteiger partial charge in [0.1, 0.15) is 0 Å². The minimum atomic E-state index is -0.0587. The fraction of sp³-hybridized carbons (Fsp3) is 0.667. The standard InChI is InChI=1S/C15H22N4O2/c1-10-6-13(10)15(21)18-8-11-4-5-16-19(11)12(9-18)7-14(20)17(2)3/h4-5,10,12-13H,6-9H2,1-3H3/t10-,12+,13-/m1/s1. The molecule has 0 spiro atoms. The van der Waals surface area contributed by atoms with E-state index in [2.05, 4.69) is 12.0 Å². The van der Waals surface area contributed by atoms with Crippen molar-refractivity contribution in [3.63, 3.8) is 0 Å². The minimum Gasteiger partial charge on any atom is -0.349 e. The zero-order chi connectivity index (χ0) is 15.1. The molecule has 1 aromatic rings. The van der Waals surface area contributed by atoms with Gasteiger partial charge >= 0.3 is 0 Å². The van der Waals surface area contributed by atoms with Crippen LogP contribution in [0.3, 0.4) is 0 Å². The molecule has 2 amide bonds. The van der Waals surface area contributed by atoms with Crippen LogP contribution in [0.5, 0.6) is 0 Å². The van der Waals surface area contributed by atoms with Crippen LogP contribution >= 0.6 is 0 Å². The van der Waals surface area contributed by atoms with E-state index in [0.717, 1.165) is 12.1 Å². The first-order chi connectivity index (χ1) is 9.97. The molecule has 2 aliphatic rings. The zero-order valence-electron chi connectivity index (χ0n) is 12.8. The lowest BCUT2D eigenvalue weighted by Gasteiger charge is -2.34. The largest absolute Gasteiger partial charge is 0.349 e. The molecule has 2 heterocycles. The van der Waals surface area contributed by atoms with Gasteiger partial charge in [-0.15, -0.1) is 0 Å². The highest BCUT2D eigenvalue weighted by molar-refractivity contribution is 5.82. The van der Waals surface area contributed by atoms with E-state index in [4.69, 9.17) is 0 Å². The highest BCUT2D eigenvalue weighted by Crippen LogP contribution is 2.40. The normalized spacial score (nSPS) is 27.2. The Hall–Kier alpha value is -1.85. The third kappa shape index (κ3) is 2.66. The van der Waals surface area contributed by atoms with Gasteiger partial charge in [0.15, 0.2) is 0 Å². The molecule has 1 aliphatic carbocycles. The maximum atomic E-state index is 12.5. The van der Waals surface area contributed by atoms with Crippen LogP contribution in [0.15, 0.2) is 12.3 Å². The average molecular weight is 290 g/mol. The van der Waals surface area contributed by atoms with Crippen LogP contribution in [0.2, 0.25) is 0 Å². The lowest BCUT2D eigenvalue weighted by atomic mass is 10.1. The predicted octanol–water partition coefficient (Wildman–Crippen LogP) is 0.901. The number of amides is 2. The van der Waals surface area contributed by atoms with E-state index in [1.54, 1.807) is 25.2 Å². The Kier molecular flexibility index (Phi) is 3.47. The highest BCUT2D eigenvalue weighted by Gasteiger charge is 2.43. The Morgan fingerprint density at radius 2 is 2.14 bits per heavy atom. The molecular weight excluding hydrogens is 268 g/mol. The molecule has 0 radical (unpaired) electrons. The van der Waals surface area contributed by atoms with Crippen LogP contribution in [0.4, 0.5) is 0 Å². The van der Waals surface area contributed by atoms with E-state index in [1.165, 1.54) is 0 Å². The first-order valence-corrected chi connectivity index (χ1v) is 7.48. The maximum absolute atomic E-state index is 12.5. The molecule has 1 saturated carbocycles. The summed E-state index contributed by atoms with van der Waals surface area (Å²) in [5.41, 5.74) is 1.01. The Morgan fingerprint density at radius 3 is 2.76 bits per heavy atom. The third-order valence-corrected chi connectivity index (χ3v) is 4.53. The number of hydrogen-bond donors (Lipinski definition) is 0. The summed E-state index contributed by atoms with van der Waals surface area (Å²) in [6, 6.07) is 1.87. The fourth-order valence-corrected chi connectivity index (χ4v) is 2.99. The van der Waals surface area contributed by atoms with Gasteiger partial charge in [-0.25, -0.2) is 0 Å². The van der Waals surface area contributed by atoms with Crippen molar-refractivity contribution < 1.29 is 9.59 Å². The van der Waals surface area contributed by atoms with Crippen molar-refractivity contribution in [1.82, 2.24) is 19.6 Å². The Balaban J connectivity index is 1.77. The zero-order valence-corrected chi connectivity index (χ0v) is 12.8. The number of rotatable bonds is 3. The van der Waals surface area contributed by atoms with Crippen molar-refractivity contribution in [2.24, 2.45) is 11.8 Å². The van der Waals surface area contributed by atoms with E-state index in [-0.39, 0.29) is 23.8 Å². The van der Waals surface area contributed by atoms with Gasteiger partial charge in [-0.3, -0.25) is 14.3 Å². The number of hydrogen-bond acceptors (Lipinski definition) is 3. The molecule has 1 aliphatic heterocycles. The first-order valence-electron chi connectivity index (χ1n) is 7.48. The van der Waals surface area contributed by atoms with Gasteiger partial charge in [0.25, 0.3) is 0 Å². The van der Waals surface area contributed by atoms with Crippen molar-refractivity contribution in [1.29, 1.82) is 0 Å². The van der Waals surface area contributed by atoms with Crippen LogP contribution in [0, 0.1) is 11.8 Å². The fourth-order valence-electron chi connectivity index (χ4n) is 2.99. The maximum Gasteiger partial charge on any atom is 0.226 e. The van der Waals surface area contributed by atoms with Gasteiger partial charge in [-0.05, 0) is 18.4 Å². The molecule has 0 saturated heterocycles. The summed E-state index contributed by atoms with van der Waals surface area (Å²) in [5.74, 6) is 0.989. The minimum absolute atomic E-state index is 0.0587. The van der Waals surface area contributed by atoms with Crippen molar-refractivity contribution >= 4 is 11.8 Å². The molecule has 0 unspecified atom stereocenters. The van der Waals surface area contributed by atoms with E-state index in [9.17, 15) is 9.59 Å². The lowest BCUT2D eigenvalue weighted by molar-refractivity contribution is -0.137. The number of nitrogens with zero attached hydrogens (tertiary/aromatic N) is 4. The predicted molar refractivity (Wildman–Crippen MR) is 77.3 cm³/mol. The Bertz CT molecular complexity index is 566. The number of carbonyl (C=O) groups excluding carboxylic acids is 2. The van der Waals surface area contributed by atoms with Crippen LogP contribution in [-0.2, 0) is 16.1 Å². The smallest absolute Gasteiger partial charge is 0.226 e. The van der Waals surface area contributed by atoms with E-state index in [0.29, 0.717) is 25.4 Å². The van der Waals surface area contributed by atoms with E-state index < -0.39 is 0 Å². The second-order valence-corrected chi connectivity index (χ2v) is 6.45. The highest BCUT2D eigenvalue weighted by atomic mass is 16.2. The van der Waals surface area contributed by atoms with Crippen LogP contribution in [0.25, 0.3) is 0 Å². The Morgan fingerprint density at radius 1 is 1.43 bits per heavy atom. The molecule has 114 valence electrons. The molecule has 0 bridgehead atoms. The first kappa shape index (κ1) is 14.1. The van der Waals surface area contributed by atoms with Gasteiger partial charge in [-0.1, -0.05) is 6.92 Å².